The largest absolute Gasteiger partial charge is 0.309 e. The third-order valence-corrected chi connectivity index (χ3v) is 16.9. The SMILES string of the molecule is Brc1ccc2c(c1)c1cc(Br)ccc1n2-c1ccccc1.c1ccc(-c2nc(-c3ccc(-c4ccc5c(c4)c4cc(-c6ccc(-c7cc(-c8ccccn8)nc(-c8ccccc8)n7)cc6)ccc4n5-c4ccccc4)cc3)cc(-c3ccccn3)n2)cc1. The van der Waals surface area contributed by atoms with Gasteiger partial charge in [0.15, 0.2) is 11.6 Å². The molecule has 6 heterocycles. The fourth-order valence-electron chi connectivity index (χ4n) is 11.6. The number of hydrogen-bond acceptors (Lipinski definition) is 6. The van der Waals surface area contributed by atoms with Crippen LogP contribution in [0.2, 0.25) is 0 Å². The maximum absolute atomic E-state index is 5.04. The molecule has 416 valence electrons. The number of benzene rings is 10. The minimum absolute atomic E-state index is 0.664. The summed E-state index contributed by atoms with van der Waals surface area (Å²) in [6.07, 6.45) is 3.59. The van der Waals surface area contributed by atoms with Crippen molar-refractivity contribution in [2.45, 2.75) is 0 Å². The maximum Gasteiger partial charge on any atom is 0.160 e. The summed E-state index contributed by atoms with van der Waals surface area (Å²) >= 11 is 7.16. The van der Waals surface area contributed by atoms with E-state index in [1.807, 2.05) is 115 Å². The fraction of sp³-hybridized carbons (Fsp3) is 0. The highest BCUT2D eigenvalue weighted by Gasteiger charge is 2.18. The van der Waals surface area contributed by atoms with Crippen LogP contribution in [0.15, 0.2) is 313 Å². The number of hydrogen-bond donors (Lipinski definition) is 0. The molecule has 6 aromatic heterocycles. The number of rotatable bonds is 10. The third kappa shape index (κ3) is 10.7. The van der Waals surface area contributed by atoms with Crippen molar-refractivity contribution in [2.24, 2.45) is 0 Å². The van der Waals surface area contributed by atoms with Crippen LogP contribution in [0.3, 0.4) is 0 Å². The summed E-state index contributed by atoms with van der Waals surface area (Å²) in [7, 11) is 0. The van der Waals surface area contributed by atoms with Gasteiger partial charge in [-0.25, -0.2) is 19.9 Å². The van der Waals surface area contributed by atoms with E-state index in [9.17, 15) is 0 Å². The Morgan fingerprint density at radius 2 is 0.545 bits per heavy atom. The van der Waals surface area contributed by atoms with E-state index in [0.29, 0.717) is 11.6 Å². The van der Waals surface area contributed by atoms with Crippen molar-refractivity contribution < 1.29 is 0 Å². The lowest BCUT2D eigenvalue weighted by Gasteiger charge is -2.10. The Hall–Kier alpha value is -10.8. The first-order valence-corrected chi connectivity index (χ1v) is 30.5. The first-order valence-electron chi connectivity index (χ1n) is 28.9. The zero-order chi connectivity index (χ0) is 58.9. The molecule has 0 radical (unpaired) electrons. The van der Waals surface area contributed by atoms with Crippen LogP contribution in [0.25, 0.3) is 145 Å². The molecule has 0 aliphatic carbocycles. The van der Waals surface area contributed by atoms with Crippen LogP contribution in [0.4, 0.5) is 0 Å². The van der Waals surface area contributed by atoms with Crippen LogP contribution in [0.5, 0.6) is 0 Å². The number of nitrogens with zero attached hydrogens (tertiary/aromatic N) is 8. The van der Waals surface area contributed by atoms with Gasteiger partial charge in [0.25, 0.3) is 0 Å². The molecule has 10 aromatic carbocycles. The summed E-state index contributed by atoms with van der Waals surface area (Å²) in [6, 6.07) is 101. The number of para-hydroxylation sites is 2. The van der Waals surface area contributed by atoms with E-state index in [4.69, 9.17) is 19.9 Å². The molecule has 10 heteroatoms. The van der Waals surface area contributed by atoms with E-state index in [2.05, 4.69) is 227 Å². The molecule has 0 aliphatic heterocycles. The smallest absolute Gasteiger partial charge is 0.160 e. The van der Waals surface area contributed by atoms with Crippen LogP contribution in [0, 0.1) is 0 Å². The Balaban J connectivity index is 0.000000260. The van der Waals surface area contributed by atoms with Gasteiger partial charge in [-0.1, -0.05) is 202 Å². The van der Waals surface area contributed by atoms with Gasteiger partial charge in [0.2, 0.25) is 0 Å². The van der Waals surface area contributed by atoms with Crippen molar-refractivity contribution in [3.05, 3.63) is 313 Å². The fourth-order valence-corrected chi connectivity index (χ4v) is 12.4. The topological polar surface area (TPSA) is 87.2 Å². The lowest BCUT2D eigenvalue weighted by molar-refractivity contribution is 1.16. The van der Waals surface area contributed by atoms with Gasteiger partial charge >= 0.3 is 0 Å². The molecule has 0 saturated heterocycles. The summed E-state index contributed by atoms with van der Waals surface area (Å²) in [5.74, 6) is 1.33. The quantitative estimate of drug-likeness (QED) is 0.136. The Morgan fingerprint density at radius 1 is 0.227 bits per heavy atom. The Kier molecular flexibility index (Phi) is 14.4. The summed E-state index contributed by atoms with van der Waals surface area (Å²) in [5.41, 5.74) is 20.3. The molecule has 16 aromatic rings. The van der Waals surface area contributed by atoms with Gasteiger partial charge in [-0.05, 0) is 144 Å². The second-order valence-corrected chi connectivity index (χ2v) is 23.2. The van der Waals surface area contributed by atoms with Gasteiger partial charge in [-0.3, -0.25) is 9.97 Å². The molecule has 0 saturated carbocycles. The molecule has 0 spiro atoms. The van der Waals surface area contributed by atoms with E-state index in [0.717, 1.165) is 104 Å². The predicted octanol–water partition coefficient (Wildman–Crippen LogP) is 20.8. The number of fused-ring (bicyclic) bond motifs is 6. The first kappa shape index (κ1) is 53.9. The van der Waals surface area contributed by atoms with Gasteiger partial charge < -0.3 is 9.13 Å². The van der Waals surface area contributed by atoms with Crippen molar-refractivity contribution in [3.63, 3.8) is 0 Å². The summed E-state index contributed by atoms with van der Waals surface area (Å²) in [5, 5.41) is 4.87. The van der Waals surface area contributed by atoms with E-state index >= 15 is 0 Å². The van der Waals surface area contributed by atoms with Crippen LogP contribution in [-0.4, -0.2) is 39.0 Å². The first-order chi connectivity index (χ1) is 43.4. The predicted molar refractivity (Wildman–Crippen MR) is 367 cm³/mol. The molecule has 88 heavy (non-hydrogen) atoms. The van der Waals surface area contributed by atoms with Crippen molar-refractivity contribution in [2.75, 3.05) is 0 Å². The van der Waals surface area contributed by atoms with Crippen molar-refractivity contribution in [3.8, 4) is 102 Å². The van der Waals surface area contributed by atoms with Crippen LogP contribution in [-0.2, 0) is 0 Å². The summed E-state index contributed by atoms with van der Waals surface area (Å²) < 4.78 is 6.87. The van der Waals surface area contributed by atoms with Gasteiger partial charge in [0, 0.05) is 76.5 Å². The highest BCUT2D eigenvalue weighted by atomic mass is 79.9. The van der Waals surface area contributed by atoms with Crippen molar-refractivity contribution in [1.29, 1.82) is 0 Å². The second kappa shape index (κ2) is 23.6. The van der Waals surface area contributed by atoms with Crippen molar-refractivity contribution >= 4 is 75.5 Å². The second-order valence-electron chi connectivity index (χ2n) is 21.4. The van der Waals surface area contributed by atoms with E-state index in [1.165, 1.54) is 38.3 Å². The average Bonchev–Trinajstić information content (AvgIpc) is 1.90. The molecule has 0 unspecified atom stereocenters. The van der Waals surface area contributed by atoms with Crippen LogP contribution < -0.4 is 0 Å². The molecular weight excluding hydrogens is 1210 g/mol. The molecule has 0 bridgehead atoms. The molecule has 0 atom stereocenters. The lowest BCUT2D eigenvalue weighted by atomic mass is 9.98. The van der Waals surface area contributed by atoms with E-state index in [1.54, 1.807) is 12.4 Å². The molecular formula is C78H50Br2N8. The van der Waals surface area contributed by atoms with E-state index in [-0.39, 0.29) is 0 Å². The lowest BCUT2D eigenvalue weighted by Crippen LogP contribution is -1.96. The highest BCUT2D eigenvalue weighted by Crippen LogP contribution is 2.40. The molecule has 0 fully saturated rings. The zero-order valence-electron chi connectivity index (χ0n) is 47.2. The van der Waals surface area contributed by atoms with Gasteiger partial charge in [0.1, 0.15) is 0 Å². The van der Waals surface area contributed by atoms with Gasteiger partial charge in [-0.2, -0.15) is 0 Å². The Labute approximate surface area is 525 Å². The van der Waals surface area contributed by atoms with Gasteiger partial charge in [-0.15, -0.1) is 0 Å². The van der Waals surface area contributed by atoms with Gasteiger partial charge in [0.05, 0.1) is 56.2 Å². The molecule has 16 rings (SSSR count). The minimum Gasteiger partial charge on any atom is -0.309 e. The number of aromatic nitrogens is 8. The summed E-state index contributed by atoms with van der Waals surface area (Å²) in [6.45, 7) is 0. The Morgan fingerprint density at radius 3 is 0.920 bits per heavy atom. The molecule has 0 aliphatic rings. The third-order valence-electron chi connectivity index (χ3n) is 15.9. The monoisotopic (exact) mass is 1260 g/mol. The normalized spacial score (nSPS) is 11.3. The number of pyridine rings is 2. The maximum atomic E-state index is 5.04. The minimum atomic E-state index is 0.664. The summed E-state index contributed by atoms with van der Waals surface area (Å²) in [4.78, 5) is 29.1. The molecule has 0 N–H and O–H groups in total. The Bertz CT molecular complexity index is 4780. The number of halogens is 2. The van der Waals surface area contributed by atoms with Crippen LogP contribution >= 0.6 is 31.9 Å². The molecule has 8 nitrogen and oxygen atoms in total. The van der Waals surface area contributed by atoms with E-state index < -0.39 is 0 Å². The standard InChI is InChI=1S/C60H39N7.C18H11Br2N/c1-4-14-44(15-5-1)59-63-53(38-55(65-59)51-20-10-12-34-61-51)42-26-22-40(23-27-42)46-30-32-57-49(36-46)50-37-47(31-33-58(50)67(57)48-18-8-3-9-19-48)41-24-28-43(29-25-41)54-39-56(52-21-11-13-35-62-52)66-60(64-54)45-16-6-2-7-17-45;19-12-6-8-17-15(10-12)16-11-13(20)7-9-18(16)21(17)14-4-2-1-3-5-14/h1-39H;1-11H. The zero-order valence-corrected chi connectivity index (χ0v) is 50.4. The van der Waals surface area contributed by atoms with Crippen LogP contribution in [0.1, 0.15) is 0 Å². The average molecular weight is 1260 g/mol. The molecule has 0 amide bonds. The van der Waals surface area contributed by atoms with Crippen molar-refractivity contribution in [1.82, 2.24) is 39.0 Å². The highest BCUT2D eigenvalue weighted by molar-refractivity contribution is 9.10.